The lowest BCUT2D eigenvalue weighted by atomic mass is 10.4. The molecule has 0 saturated carbocycles. The molecule has 1 aromatic rings. The first-order chi connectivity index (χ1) is 9.09. The molecule has 0 spiro atoms. The van der Waals surface area contributed by atoms with Gasteiger partial charge in [0.25, 0.3) is 0 Å². The van der Waals surface area contributed by atoms with Gasteiger partial charge in [0.2, 0.25) is 0 Å². The molecule has 0 saturated heterocycles. The molecule has 0 aliphatic rings. The zero-order chi connectivity index (χ0) is 14.1. The van der Waals surface area contributed by atoms with Crippen LogP contribution in [0.4, 0.5) is 4.79 Å². The average molecular weight is 286 g/mol. The summed E-state index contributed by atoms with van der Waals surface area (Å²) in [5.74, 6) is 0. The molecule has 7 nitrogen and oxygen atoms in total. The maximum Gasteiger partial charge on any atom is 0.327 e. The second-order valence-electron chi connectivity index (χ2n) is 4.40. The predicted molar refractivity (Wildman–Crippen MR) is 77.9 cm³/mol. The maximum atomic E-state index is 11.6. The van der Waals surface area contributed by atoms with Crippen molar-refractivity contribution < 1.29 is 4.79 Å². The number of H-pyrrole nitrogens is 1. The van der Waals surface area contributed by atoms with Crippen molar-refractivity contribution in [3.63, 3.8) is 0 Å². The molecule has 2 amide bonds. The van der Waals surface area contributed by atoms with E-state index in [4.69, 9.17) is 0 Å². The van der Waals surface area contributed by atoms with Gasteiger partial charge in [0.15, 0.2) is 0 Å². The number of urea groups is 1. The van der Waals surface area contributed by atoms with Crippen LogP contribution >= 0.6 is 12.8 Å². The van der Waals surface area contributed by atoms with Crippen LogP contribution in [0, 0.1) is 0 Å². The van der Waals surface area contributed by atoms with Crippen molar-refractivity contribution in [2.24, 2.45) is 0 Å². The van der Waals surface area contributed by atoms with Crippen molar-refractivity contribution in [1.29, 1.82) is 0 Å². The quantitative estimate of drug-likeness (QED) is 0.398. The Morgan fingerprint density at radius 1 is 1.42 bits per heavy atom. The van der Waals surface area contributed by atoms with Crippen molar-refractivity contribution in [2.75, 3.05) is 40.3 Å². The number of likely N-dealkylation sites (N-methyl/N-ethyl adjacent to an activating group) is 1. The zero-order valence-corrected chi connectivity index (χ0v) is 12.3. The molecule has 1 aromatic heterocycles. The Morgan fingerprint density at radius 3 is 2.84 bits per heavy atom. The number of hydrogen-bond acceptors (Lipinski definition) is 5. The van der Waals surface area contributed by atoms with Gasteiger partial charge in [0.05, 0.1) is 5.69 Å². The summed E-state index contributed by atoms with van der Waals surface area (Å²) in [6, 6.07) is 1.73. The van der Waals surface area contributed by atoms with E-state index in [9.17, 15) is 4.79 Å². The Labute approximate surface area is 119 Å². The summed E-state index contributed by atoms with van der Waals surface area (Å²) in [6.07, 6.45) is 1.78. The third kappa shape index (κ3) is 7.04. The van der Waals surface area contributed by atoms with Crippen LogP contribution in [0.2, 0.25) is 0 Å². The third-order valence-corrected chi connectivity index (χ3v) is 2.82. The highest BCUT2D eigenvalue weighted by Gasteiger charge is 2.08. The minimum atomic E-state index is -0.174. The van der Waals surface area contributed by atoms with Crippen molar-refractivity contribution in [3.05, 3.63) is 18.0 Å². The van der Waals surface area contributed by atoms with Crippen LogP contribution in [-0.2, 0) is 6.54 Å². The Hall–Kier alpha value is -1.25. The van der Waals surface area contributed by atoms with Gasteiger partial charge in [0.1, 0.15) is 0 Å². The molecule has 1 rings (SSSR count). The van der Waals surface area contributed by atoms with Crippen LogP contribution < -0.4 is 10.6 Å². The van der Waals surface area contributed by atoms with Crippen molar-refractivity contribution >= 4 is 18.8 Å². The fraction of sp³-hybridized carbons (Fsp3) is 0.636. The molecule has 3 N–H and O–H groups in total. The van der Waals surface area contributed by atoms with Crippen LogP contribution in [0.15, 0.2) is 12.3 Å². The maximum absolute atomic E-state index is 11.6. The van der Waals surface area contributed by atoms with E-state index in [0.717, 1.165) is 12.2 Å². The van der Waals surface area contributed by atoms with Crippen molar-refractivity contribution in [1.82, 2.24) is 30.0 Å². The molecular weight excluding hydrogens is 264 g/mol. The molecule has 1 heterocycles. The molecule has 0 unspecified atom stereocenters. The molecule has 0 atom stereocenters. The number of hydrogen-bond donors (Lipinski definition) is 4. The lowest BCUT2D eigenvalue weighted by Gasteiger charge is -2.18. The molecule has 0 aliphatic heterocycles. The van der Waals surface area contributed by atoms with Gasteiger partial charge in [0, 0.05) is 38.9 Å². The summed E-state index contributed by atoms with van der Waals surface area (Å²) in [7, 11) is 3.91. The largest absolute Gasteiger partial charge is 0.336 e. The zero-order valence-electron chi connectivity index (χ0n) is 11.4. The van der Waals surface area contributed by atoms with Gasteiger partial charge in [-0.05, 0) is 20.2 Å². The number of aromatic amines is 1. The summed E-state index contributed by atoms with van der Waals surface area (Å²) in [5.41, 5.74) is 0.952. The first-order valence-corrected chi connectivity index (χ1v) is 6.58. The lowest BCUT2D eigenvalue weighted by molar-refractivity contribution is 0.223. The van der Waals surface area contributed by atoms with E-state index < -0.39 is 0 Å². The van der Waals surface area contributed by atoms with Crippen LogP contribution in [0.5, 0.6) is 0 Å². The Morgan fingerprint density at radius 2 is 2.21 bits per heavy atom. The van der Waals surface area contributed by atoms with Crippen molar-refractivity contribution in [2.45, 2.75) is 6.54 Å². The average Bonchev–Trinajstić information content (AvgIpc) is 2.88. The molecule has 0 radical (unpaired) electrons. The Kier molecular flexibility index (Phi) is 7.31. The monoisotopic (exact) mass is 286 g/mol. The van der Waals surface area contributed by atoms with Gasteiger partial charge < -0.3 is 15.5 Å². The second kappa shape index (κ2) is 8.78. The Balaban J connectivity index is 2.03. The van der Waals surface area contributed by atoms with Gasteiger partial charge >= 0.3 is 6.03 Å². The lowest BCUT2D eigenvalue weighted by Crippen LogP contribution is -2.40. The summed E-state index contributed by atoms with van der Waals surface area (Å²) in [4.78, 5) is 13.6. The highest BCUT2D eigenvalue weighted by Crippen LogP contribution is 1.94. The number of carbonyl (C=O) groups excluding carboxylic acids is 1. The Bertz CT molecular complexity index is 356. The van der Waals surface area contributed by atoms with Crippen LogP contribution in [0.1, 0.15) is 5.69 Å². The van der Waals surface area contributed by atoms with E-state index in [-0.39, 0.29) is 6.03 Å². The van der Waals surface area contributed by atoms with E-state index in [1.54, 1.807) is 6.20 Å². The van der Waals surface area contributed by atoms with Gasteiger partial charge in [-0.25, -0.2) is 4.79 Å². The highest BCUT2D eigenvalue weighted by atomic mass is 32.1. The van der Waals surface area contributed by atoms with Crippen LogP contribution in [0.25, 0.3) is 0 Å². The van der Waals surface area contributed by atoms with E-state index in [1.165, 1.54) is 4.31 Å². The van der Waals surface area contributed by atoms with E-state index >= 15 is 0 Å². The number of nitrogens with one attached hydrogen (secondary N) is 3. The van der Waals surface area contributed by atoms with Crippen LogP contribution in [0.3, 0.4) is 0 Å². The minimum absolute atomic E-state index is 0.174. The van der Waals surface area contributed by atoms with Gasteiger partial charge in [-0.2, -0.15) is 5.10 Å². The number of rotatable bonds is 8. The molecule has 8 heteroatoms. The van der Waals surface area contributed by atoms with Gasteiger partial charge in [-0.15, -0.1) is 0 Å². The van der Waals surface area contributed by atoms with Crippen LogP contribution in [-0.4, -0.2) is 65.7 Å². The number of carbonyl (C=O) groups is 1. The third-order valence-electron chi connectivity index (χ3n) is 2.44. The van der Waals surface area contributed by atoms with Crippen molar-refractivity contribution in [3.8, 4) is 0 Å². The normalized spacial score (nSPS) is 10.7. The molecule has 19 heavy (non-hydrogen) atoms. The predicted octanol–water partition coefficient (Wildman–Crippen LogP) is -0.0827. The van der Waals surface area contributed by atoms with Gasteiger partial charge in [-0.1, -0.05) is 12.8 Å². The second-order valence-corrected chi connectivity index (χ2v) is 4.88. The summed E-state index contributed by atoms with van der Waals surface area (Å²) in [6.45, 7) is 3.30. The summed E-state index contributed by atoms with van der Waals surface area (Å²) in [5, 5.41) is 12.7. The SMILES string of the molecule is CN(C)CCN(S)C(=O)NCCNCc1cc[nH]n1. The molecule has 0 aromatic carbocycles. The van der Waals surface area contributed by atoms with Gasteiger partial charge in [-0.3, -0.25) is 9.40 Å². The number of thiol groups is 1. The number of aromatic nitrogens is 2. The smallest absolute Gasteiger partial charge is 0.327 e. The first kappa shape index (κ1) is 15.8. The van der Waals surface area contributed by atoms with E-state index in [0.29, 0.717) is 26.2 Å². The fourth-order valence-corrected chi connectivity index (χ4v) is 1.51. The highest BCUT2D eigenvalue weighted by molar-refractivity contribution is 7.78. The molecule has 0 fully saturated rings. The molecular formula is C11H22N6OS. The van der Waals surface area contributed by atoms with E-state index in [2.05, 4.69) is 33.6 Å². The fourth-order valence-electron chi connectivity index (χ4n) is 1.35. The molecule has 0 aliphatic carbocycles. The molecule has 108 valence electrons. The van der Waals surface area contributed by atoms with E-state index in [1.807, 2.05) is 25.1 Å². The number of nitrogens with zero attached hydrogens (tertiary/aromatic N) is 3. The topological polar surface area (TPSA) is 76.3 Å². The number of amides is 2. The summed E-state index contributed by atoms with van der Waals surface area (Å²) >= 11 is 4.13. The standard InChI is InChI=1S/C11H22N6OS/c1-16(2)7-8-17(19)11(18)13-6-5-12-9-10-3-4-14-15-10/h3-4,12,19H,5-9H2,1-2H3,(H,13,18)(H,14,15). The summed E-state index contributed by atoms with van der Waals surface area (Å²) < 4.78 is 1.38. The molecule has 0 bridgehead atoms. The first-order valence-electron chi connectivity index (χ1n) is 6.18. The minimum Gasteiger partial charge on any atom is -0.336 e.